The molecule has 0 aromatic rings. The van der Waals surface area contributed by atoms with Crippen molar-refractivity contribution >= 4 is 11.8 Å². The Kier molecular flexibility index (Phi) is 4.44. The zero-order valence-electron chi connectivity index (χ0n) is 9.95. The fraction of sp³-hybridized carbons (Fsp3) is 0.818. The molecule has 0 N–H and O–H groups in total. The van der Waals surface area contributed by atoms with E-state index < -0.39 is 18.0 Å². The number of carbonyl (C=O) groups excluding carboxylic acids is 2. The van der Waals surface area contributed by atoms with Crippen molar-refractivity contribution in [3.8, 4) is 0 Å². The van der Waals surface area contributed by atoms with Crippen LogP contribution < -0.4 is 0 Å². The van der Waals surface area contributed by atoms with Crippen molar-refractivity contribution in [3.63, 3.8) is 0 Å². The van der Waals surface area contributed by atoms with Crippen molar-refractivity contribution in [2.75, 3.05) is 6.61 Å². The number of esters is 1. The van der Waals surface area contributed by atoms with E-state index in [1.54, 1.807) is 13.8 Å². The van der Waals surface area contributed by atoms with Gasteiger partial charge >= 0.3 is 5.97 Å². The summed E-state index contributed by atoms with van der Waals surface area (Å²) < 4.78 is 15.5. The quantitative estimate of drug-likeness (QED) is 0.527. The number of rotatable bonds is 5. The van der Waals surface area contributed by atoms with Crippen LogP contribution in [0.2, 0.25) is 0 Å². The van der Waals surface area contributed by atoms with Crippen LogP contribution in [0.5, 0.6) is 0 Å². The summed E-state index contributed by atoms with van der Waals surface area (Å²) in [6.45, 7) is 5.58. The summed E-state index contributed by atoms with van der Waals surface area (Å²) in [4.78, 5) is 22.5. The highest BCUT2D eigenvalue weighted by Gasteiger charge is 2.35. The first-order valence-electron chi connectivity index (χ1n) is 5.46. The normalized spacial score (nSPS) is 23.1. The molecule has 5 nitrogen and oxygen atoms in total. The van der Waals surface area contributed by atoms with Crippen LogP contribution in [0.25, 0.3) is 0 Å². The number of hydrogen-bond acceptors (Lipinski definition) is 5. The Labute approximate surface area is 95.0 Å². The first-order chi connectivity index (χ1) is 7.43. The zero-order chi connectivity index (χ0) is 12.2. The molecule has 1 aliphatic heterocycles. The second kappa shape index (κ2) is 5.41. The minimum Gasteiger partial charge on any atom is -0.433 e. The molecule has 1 aliphatic rings. The van der Waals surface area contributed by atoms with E-state index in [1.165, 1.54) is 0 Å². The van der Waals surface area contributed by atoms with Crippen LogP contribution in [0.15, 0.2) is 0 Å². The van der Waals surface area contributed by atoms with Crippen molar-refractivity contribution in [3.05, 3.63) is 0 Å². The smallest absolute Gasteiger partial charge is 0.315 e. The lowest BCUT2D eigenvalue weighted by atomic mass is 10.2. The Morgan fingerprint density at radius 3 is 2.62 bits per heavy atom. The minimum absolute atomic E-state index is 0.106. The van der Waals surface area contributed by atoms with Crippen molar-refractivity contribution in [2.45, 2.75) is 52.1 Å². The summed E-state index contributed by atoms with van der Waals surface area (Å²) in [5, 5.41) is 0. The number of ketones is 1. The SMILES string of the molecule is CCCC(=O)CC(=O)OC1COC(C)(C)O1. The van der Waals surface area contributed by atoms with E-state index >= 15 is 0 Å². The maximum Gasteiger partial charge on any atom is 0.315 e. The van der Waals surface area contributed by atoms with Crippen LogP contribution >= 0.6 is 0 Å². The molecule has 5 heteroatoms. The molecule has 0 aliphatic carbocycles. The molecule has 1 unspecified atom stereocenters. The number of Topliss-reactive ketones (excluding diaryl/α,β-unsaturated/α-hetero) is 1. The molecule has 1 atom stereocenters. The topological polar surface area (TPSA) is 61.8 Å². The summed E-state index contributed by atoms with van der Waals surface area (Å²) >= 11 is 0. The zero-order valence-corrected chi connectivity index (χ0v) is 9.95. The lowest BCUT2D eigenvalue weighted by molar-refractivity contribution is -0.197. The van der Waals surface area contributed by atoms with Gasteiger partial charge < -0.3 is 14.2 Å². The summed E-state index contributed by atoms with van der Waals surface area (Å²) in [6.07, 6.45) is 0.260. The van der Waals surface area contributed by atoms with Crippen LogP contribution in [-0.2, 0) is 23.8 Å². The standard InChI is InChI=1S/C11H18O5/c1-4-5-8(12)6-9(13)15-10-7-14-11(2,3)16-10/h10H,4-7H2,1-3H3. The Morgan fingerprint density at radius 2 is 2.12 bits per heavy atom. The van der Waals surface area contributed by atoms with Crippen LogP contribution in [0.4, 0.5) is 0 Å². The fourth-order valence-corrected chi connectivity index (χ4v) is 1.43. The molecule has 0 saturated carbocycles. The van der Waals surface area contributed by atoms with Crippen molar-refractivity contribution in [1.82, 2.24) is 0 Å². The Morgan fingerprint density at radius 1 is 1.44 bits per heavy atom. The Bertz CT molecular complexity index is 272. The molecule has 0 spiro atoms. The largest absolute Gasteiger partial charge is 0.433 e. The lowest BCUT2D eigenvalue weighted by Gasteiger charge is -2.16. The predicted octanol–water partition coefficient (Wildman–Crippen LogP) is 1.40. The first-order valence-corrected chi connectivity index (χ1v) is 5.46. The highest BCUT2D eigenvalue weighted by molar-refractivity contribution is 5.95. The molecule has 0 radical (unpaired) electrons. The maximum atomic E-state index is 11.3. The molecule has 0 bridgehead atoms. The summed E-state index contributed by atoms with van der Waals surface area (Å²) in [6, 6.07) is 0. The van der Waals surface area contributed by atoms with E-state index in [0.717, 1.165) is 6.42 Å². The van der Waals surface area contributed by atoms with Gasteiger partial charge in [0.2, 0.25) is 6.29 Å². The van der Waals surface area contributed by atoms with E-state index in [9.17, 15) is 9.59 Å². The van der Waals surface area contributed by atoms with Gasteiger partial charge in [0, 0.05) is 6.42 Å². The van der Waals surface area contributed by atoms with Crippen LogP contribution in [0.1, 0.15) is 40.0 Å². The molecule has 0 aromatic carbocycles. The van der Waals surface area contributed by atoms with Gasteiger partial charge in [-0.05, 0) is 20.3 Å². The van der Waals surface area contributed by atoms with E-state index in [1.807, 2.05) is 6.92 Å². The second-order valence-corrected chi connectivity index (χ2v) is 4.21. The van der Waals surface area contributed by atoms with Gasteiger partial charge in [-0.2, -0.15) is 0 Å². The van der Waals surface area contributed by atoms with E-state index in [4.69, 9.17) is 14.2 Å². The van der Waals surface area contributed by atoms with Crippen LogP contribution in [0.3, 0.4) is 0 Å². The molecule has 1 saturated heterocycles. The second-order valence-electron chi connectivity index (χ2n) is 4.21. The van der Waals surface area contributed by atoms with E-state index in [0.29, 0.717) is 6.42 Å². The lowest BCUT2D eigenvalue weighted by Crippen LogP contribution is -2.25. The Hall–Kier alpha value is -0.940. The van der Waals surface area contributed by atoms with Gasteiger partial charge in [0.1, 0.15) is 18.8 Å². The van der Waals surface area contributed by atoms with E-state index in [-0.39, 0.29) is 18.8 Å². The number of ether oxygens (including phenoxy) is 3. The van der Waals surface area contributed by atoms with Gasteiger partial charge in [-0.1, -0.05) is 6.92 Å². The summed E-state index contributed by atoms with van der Waals surface area (Å²) in [7, 11) is 0. The van der Waals surface area contributed by atoms with Gasteiger partial charge in [0.15, 0.2) is 5.79 Å². The van der Waals surface area contributed by atoms with Gasteiger partial charge in [0.25, 0.3) is 0 Å². The Balaban J connectivity index is 2.28. The molecular weight excluding hydrogens is 212 g/mol. The third-order valence-electron chi connectivity index (χ3n) is 2.12. The highest BCUT2D eigenvalue weighted by Crippen LogP contribution is 2.23. The van der Waals surface area contributed by atoms with Crippen molar-refractivity contribution in [2.24, 2.45) is 0 Å². The molecule has 1 fully saturated rings. The monoisotopic (exact) mass is 230 g/mol. The molecule has 0 amide bonds. The highest BCUT2D eigenvalue weighted by atomic mass is 16.8. The minimum atomic E-state index is -0.724. The molecule has 16 heavy (non-hydrogen) atoms. The van der Waals surface area contributed by atoms with Gasteiger partial charge in [-0.3, -0.25) is 9.59 Å². The van der Waals surface area contributed by atoms with Crippen molar-refractivity contribution < 1.29 is 23.8 Å². The molecule has 92 valence electrons. The van der Waals surface area contributed by atoms with Gasteiger partial charge in [0.05, 0.1) is 0 Å². The van der Waals surface area contributed by atoms with E-state index in [2.05, 4.69) is 0 Å². The molecule has 1 heterocycles. The van der Waals surface area contributed by atoms with Crippen molar-refractivity contribution in [1.29, 1.82) is 0 Å². The third-order valence-corrected chi connectivity index (χ3v) is 2.12. The number of carbonyl (C=O) groups is 2. The van der Waals surface area contributed by atoms with Gasteiger partial charge in [-0.15, -0.1) is 0 Å². The van der Waals surface area contributed by atoms with Crippen LogP contribution in [-0.4, -0.2) is 30.4 Å². The summed E-state index contributed by atoms with van der Waals surface area (Å²) in [5.41, 5.74) is 0. The molecule has 0 aromatic heterocycles. The number of hydrogen-bond donors (Lipinski definition) is 0. The molecule has 1 rings (SSSR count). The predicted molar refractivity (Wildman–Crippen MR) is 55.5 cm³/mol. The summed E-state index contributed by atoms with van der Waals surface area (Å²) in [5.74, 6) is -1.38. The van der Waals surface area contributed by atoms with Gasteiger partial charge in [-0.25, -0.2) is 0 Å². The average Bonchev–Trinajstić information content (AvgIpc) is 2.45. The van der Waals surface area contributed by atoms with Crippen LogP contribution in [0, 0.1) is 0 Å². The fourth-order valence-electron chi connectivity index (χ4n) is 1.43. The average molecular weight is 230 g/mol. The molecular formula is C11H18O5. The maximum absolute atomic E-state index is 11.3. The first kappa shape index (κ1) is 13.1. The third kappa shape index (κ3) is 4.28.